The summed E-state index contributed by atoms with van der Waals surface area (Å²) in [4.78, 5) is 38.4. The van der Waals surface area contributed by atoms with Crippen LogP contribution in [0.4, 0.5) is 0 Å². The summed E-state index contributed by atoms with van der Waals surface area (Å²) in [7, 11) is 0. The van der Waals surface area contributed by atoms with Crippen LogP contribution in [0.3, 0.4) is 0 Å². The van der Waals surface area contributed by atoms with Gasteiger partial charge in [0, 0.05) is 19.3 Å². The standard InChI is InChI=1S/C75H138O6/c1-4-7-10-13-16-19-22-25-27-29-31-32-33-34-35-36-37-38-39-40-41-42-44-45-47-50-53-56-59-62-65-68-74(77)80-71-72(70-79-73(76)67-64-61-58-55-52-49-24-21-18-15-12-9-6-3)81-75(78)69-66-63-60-57-54-51-48-46-43-30-28-26-23-20-17-14-11-8-5-2/h9,12,18,21,26,28,49,52,72H,4-8,10-11,13-17,19-20,22-25,27,29-48,50-51,53-71H2,1-3H3/b12-9-,21-18-,28-26-,52-49-. The molecule has 0 rings (SSSR count). The largest absolute Gasteiger partial charge is 0.462 e. The number of carbonyl (C=O) groups excluding carboxylic acids is 3. The lowest BCUT2D eigenvalue weighted by molar-refractivity contribution is -0.167. The van der Waals surface area contributed by atoms with Gasteiger partial charge in [0.25, 0.3) is 0 Å². The minimum Gasteiger partial charge on any atom is -0.462 e. The molecule has 1 atom stereocenters. The first-order valence-corrected chi connectivity index (χ1v) is 36.1. The number of unbranched alkanes of at least 4 members (excludes halogenated alkanes) is 48. The zero-order valence-electron chi connectivity index (χ0n) is 54.6. The first-order valence-electron chi connectivity index (χ1n) is 36.1. The van der Waals surface area contributed by atoms with Gasteiger partial charge in [0.05, 0.1) is 0 Å². The number of allylic oxidation sites excluding steroid dienone is 8. The monoisotopic (exact) mass is 1140 g/mol. The molecular formula is C75H138O6. The molecule has 0 aromatic carbocycles. The molecular weight excluding hydrogens is 997 g/mol. The van der Waals surface area contributed by atoms with E-state index in [0.717, 1.165) is 83.5 Å². The first kappa shape index (κ1) is 78.4. The number of hydrogen-bond donors (Lipinski definition) is 0. The number of esters is 3. The maximum atomic E-state index is 12.9. The van der Waals surface area contributed by atoms with E-state index >= 15 is 0 Å². The van der Waals surface area contributed by atoms with Gasteiger partial charge in [-0.15, -0.1) is 0 Å². The Labute approximate surface area is 505 Å². The summed E-state index contributed by atoms with van der Waals surface area (Å²) in [5.74, 6) is -0.888. The average molecular weight is 1140 g/mol. The van der Waals surface area contributed by atoms with Gasteiger partial charge >= 0.3 is 17.9 Å². The maximum Gasteiger partial charge on any atom is 0.306 e. The highest BCUT2D eigenvalue weighted by Crippen LogP contribution is 2.19. The van der Waals surface area contributed by atoms with E-state index in [2.05, 4.69) is 69.4 Å². The van der Waals surface area contributed by atoms with Crippen molar-refractivity contribution in [2.75, 3.05) is 13.2 Å². The van der Waals surface area contributed by atoms with Crippen LogP contribution in [0.2, 0.25) is 0 Å². The Kier molecular flexibility index (Phi) is 67.6. The Hall–Kier alpha value is -2.63. The minimum atomic E-state index is -0.786. The van der Waals surface area contributed by atoms with Crippen LogP contribution >= 0.6 is 0 Å². The number of rotatable bonds is 67. The van der Waals surface area contributed by atoms with Crippen LogP contribution in [0.1, 0.15) is 393 Å². The molecule has 6 heteroatoms. The lowest BCUT2D eigenvalue weighted by Gasteiger charge is -2.18. The lowest BCUT2D eigenvalue weighted by atomic mass is 10.0. The molecule has 0 fully saturated rings. The molecule has 0 saturated heterocycles. The molecule has 0 heterocycles. The van der Waals surface area contributed by atoms with E-state index in [1.807, 2.05) is 0 Å². The van der Waals surface area contributed by atoms with Gasteiger partial charge in [0.1, 0.15) is 13.2 Å². The fourth-order valence-electron chi connectivity index (χ4n) is 10.9. The molecule has 0 saturated carbocycles. The van der Waals surface area contributed by atoms with E-state index in [-0.39, 0.29) is 31.1 Å². The van der Waals surface area contributed by atoms with Crippen molar-refractivity contribution in [2.24, 2.45) is 0 Å². The summed E-state index contributed by atoms with van der Waals surface area (Å²) in [6.07, 6.45) is 88.8. The van der Waals surface area contributed by atoms with Crippen LogP contribution in [-0.2, 0) is 28.6 Å². The average Bonchev–Trinajstić information content (AvgIpc) is 3.46. The zero-order chi connectivity index (χ0) is 58.5. The first-order chi connectivity index (χ1) is 40.0. The van der Waals surface area contributed by atoms with Crippen LogP contribution in [0.15, 0.2) is 48.6 Å². The van der Waals surface area contributed by atoms with E-state index in [0.29, 0.717) is 19.3 Å². The lowest BCUT2D eigenvalue weighted by Crippen LogP contribution is -2.30. The Morgan fingerprint density at radius 1 is 0.259 bits per heavy atom. The quantitative estimate of drug-likeness (QED) is 0.0261. The Morgan fingerprint density at radius 2 is 0.481 bits per heavy atom. The molecule has 0 aliphatic rings. The van der Waals surface area contributed by atoms with Crippen LogP contribution in [0, 0.1) is 0 Å². The summed E-state index contributed by atoms with van der Waals surface area (Å²) >= 11 is 0. The van der Waals surface area contributed by atoms with Gasteiger partial charge < -0.3 is 14.2 Å². The summed E-state index contributed by atoms with van der Waals surface area (Å²) in [6.45, 7) is 6.56. The van der Waals surface area contributed by atoms with Crippen LogP contribution in [0.25, 0.3) is 0 Å². The topological polar surface area (TPSA) is 78.9 Å². The number of carbonyl (C=O) groups is 3. The van der Waals surface area contributed by atoms with Crippen LogP contribution in [0.5, 0.6) is 0 Å². The van der Waals surface area contributed by atoms with Crippen molar-refractivity contribution in [1.29, 1.82) is 0 Å². The van der Waals surface area contributed by atoms with Gasteiger partial charge in [-0.25, -0.2) is 0 Å². The normalized spacial score (nSPS) is 12.3. The summed E-state index contributed by atoms with van der Waals surface area (Å²) in [5.41, 5.74) is 0. The maximum absolute atomic E-state index is 12.9. The second kappa shape index (κ2) is 69.9. The van der Waals surface area contributed by atoms with Crippen molar-refractivity contribution in [3.05, 3.63) is 48.6 Å². The molecule has 0 bridgehead atoms. The van der Waals surface area contributed by atoms with Crippen molar-refractivity contribution in [3.63, 3.8) is 0 Å². The third kappa shape index (κ3) is 68.0. The SMILES string of the molecule is CC/C=C\C/C=C\C/C=C\CCCCCC(=O)OCC(COC(=O)CCCCCCCCCCCCCCCCCCCCCCCCCCCCCCCCC)OC(=O)CCCCCCCCCCC/C=C\CCCCCCCC. The molecule has 6 nitrogen and oxygen atoms in total. The van der Waals surface area contributed by atoms with Crippen molar-refractivity contribution in [2.45, 2.75) is 399 Å². The smallest absolute Gasteiger partial charge is 0.306 e. The van der Waals surface area contributed by atoms with Crippen LogP contribution < -0.4 is 0 Å². The second-order valence-electron chi connectivity index (χ2n) is 24.5. The van der Waals surface area contributed by atoms with Gasteiger partial charge in [-0.05, 0) is 77.0 Å². The molecule has 0 radical (unpaired) electrons. The van der Waals surface area contributed by atoms with Gasteiger partial charge in [0.2, 0.25) is 0 Å². The second-order valence-corrected chi connectivity index (χ2v) is 24.5. The predicted octanol–water partition coefficient (Wildman–Crippen LogP) is 24.9. The highest BCUT2D eigenvalue weighted by Gasteiger charge is 2.19. The molecule has 0 amide bonds. The third-order valence-corrected chi connectivity index (χ3v) is 16.3. The van der Waals surface area contributed by atoms with E-state index in [4.69, 9.17) is 14.2 Å². The van der Waals surface area contributed by atoms with Gasteiger partial charge in [-0.2, -0.15) is 0 Å². The highest BCUT2D eigenvalue weighted by atomic mass is 16.6. The Balaban J connectivity index is 4.15. The fourth-order valence-corrected chi connectivity index (χ4v) is 10.9. The molecule has 0 aromatic rings. The Morgan fingerprint density at radius 3 is 0.778 bits per heavy atom. The number of hydrogen-bond acceptors (Lipinski definition) is 6. The minimum absolute atomic E-state index is 0.0795. The molecule has 1 unspecified atom stereocenters. The van der Waals surface area contributed by atoms with Gasteiger partial charge in [-0.3, -0.25) is 14.4 Å². The van der Waals surface area contributed by atoms with Gasteiger partial charge in [0.15, 0.2) is 6.10 Å². The Bertz CT molecular complexity index is 1400. The van der Waals surface area contributed by atoms with Gasteiger partial charge in [-0.1, -0.05) is 345 Å². The molecule has 81 heavy (non-hydrogen) atoms. The molecule has 474 valence electrons. The van der Waals surface area contributed by atoms with E-state index < -0.39 is 6.10 Å². The molecule has 0 aliphatic heterocycles. The fraction of sp³-hybridized carbons (Fsp3) is 0.853. The van der Waals surface area contributed by atoms with Crippen LogP contribution in [-0.4, -0.2) is 37.2 Å². The zero-order valence-corrected chi connectivity index (χ0v) is 54.6. The summed E-state index contributed by atoms with van der Waals surface area (Å²) < 4.78 is 16.9. The summed E-state index contributed by atoms with van der Waals surface area (Å²) in [5, 5.41) is 0. The molecule has 0 N–H and O–H groups in total. The molecule has 0 aromatic heterocycles. The number of ether oxygens (including phenoxy) is 3. The van der Waals surface area contributed by atoms with E-state index in [1.54, 1.807) is 0 Å². The summed E-state index contributed by atoms with van der Waals surface area (Å²) in [6, 6.07) is 0. The van der Waals surface area contributed by atoms with Crippen molar-refractivity contribution in [3.8, 4) is 0 Å². The van der Waals surface area contributed by atoms with Crippen molar-refractivity contribution < 1.29 is 28.6 Å². The predicted molar refractivity (Wildman–Crippen MR) is 353 cm³/mol. The highest BCUT2D eigenvalue weighted by molar-refractivity contribution is 5.71. The third-order valence-electron chi connectivity index (χ3n) is 16.3. The molecule has 0 aliphatic carbocycles. The van der Waals surface area contributed by atoms with E-state index in [9.17, 15) is 14.4 Å². The van der Waals surface area contributed by atoms with E-state index in [1.165, 1.54) is 270 Å². The van der Waals surface area contributed by atoms with Crippen molar-refractivity contribution in [1.82, 2.24) is 0 Å². The van der Waals surface area contributed by atoms with Crippen molar-refractivity contribution >= 4 is 17.9 Å². The molecule has 0 spiro atoms.